The van der Waals surface area contributed by atoms with Gasteiger partial charge in [0.05, 0.1) is 18.0 Å². The van der Waals surface area contributed by atoms with E-state index in [0.29, 0.717) is 30.9 Å². The average Bonchev–Trinajstić information content (AvgIpc) is 3.59. The molecular formula is C31H34N6O3. The molecule has 0 bridgehead atoms. The van der Waals surface area contributed by atoms with Crippen molar-refractivity contribution in [2.24, 2.45) is 0 Å². The Morgan fingerprint density at radius 3 is 2.52 bits per heavy atom. The van der Waals surface area contributed by atoms with Crippen LogP contribution in [0.2, 0.25) is 0 Å². The molecule has 4 heterocycles. The molecule has 4 aromatic rings. The number of aromatic nitrogens is 4. The molecule has 9 heteroatoms. The molecule has 0 spiro atoms. The summed E-state index contributed by atoms with van der Waals surface area (Å²) >= 11 is 0. The Morgan fingerprint density at radius 1 is 0.975 bits per heavy atom. The molecule has 1 unspecified atom stereocenters. The zero-order valence-electron chi connectivity index (χ0n) is 22.9. The fourth-order valence-electron chi connectivity index (χ4n) is 5.96. The van der Waals surface area contributed by atoms with Gasteiger partial charge in [-0.05, 0) is 67.5 Å². The highest BCUT2D eigenvalue weighted by Crippen LogP contribution is 2.37. The van der Waals surface area contributed by atoms with Gasteiger partial charge in [0.25, 0.3) is 5.91 Å². The lowest BCUT2D eigenvalue weighted by Gasteiger charge is -2.24. The Labute approximate surface area is 233 Å². The van der Waals surface area contributed by atoms with Crippen molar-refractivity contribution in [2.45, 2.75) is 58.7 Å². The van der Waals surface area contributed by atoms with Crippen LogP contribution >= 0.6 is 0 Å². The van der Waals surface area contributed by atoms with E-state index in [4.69, 9.17) is 5.10 Å². The Balaban J connectivity index is 1.29. The van der Waals surface area contributed by atoms with Gasteiger partial charge in [-0.25, -0.2) is 0 Å². The van der Waals surface area contributed by atoms with Crippen molar-refractivity contribution in [3.63, 3.8) is 0 Å². The maximum absolute atomic E-state index is 13.1. The number of fused-ring (bicyclic) bond motifs is 2. The number of aryl methyl sites for hydroxylation is 2. The second kappa shape index (κ2) is 10.8. The monoisotopic (exact) mass is 538 g/mol. The van der Waals surface area contributed by atoms with Crippen LogP contribution in [0.25, 0.3) is 22.4 Å². The van der Waals surface area contributed by atoms with E-state index < -0.39 is 0 Å². The van der Waals surface area contributed by atoms with Gasteiger partial charge in [0.1, 0.15) is 5.69 Å². The number of rotatable bonds is 7. The van der Waals surface area contributed by atoms with Crippen molar-refractivity contribution in [2.75, 3.05) is 18.5 Å². The van der Waals surface area contributed by atoms with E-state index in [1.165, 1.54) is 0 Å². The van der Waals surface area contributed by atoms with Crippen LogP contribution in [0.5, 0.6) is 0 Å². The summed E-state index contributed by atoms with van der Waals surface area (Å²) in [6, 6.07) is 16.1. The van der Waals surface area contributed by atoms with Crippen LogP contribution in [-0.4, -0.2) is 49.5 Å². The minimum Gasteiger partial charge on any atom is -0.395 e. The first-order chi connectivity index (χ1) is 19.4. The minimum atomic E-state index is -0.326. The van der Waals surface area contributed by atoms with E-state index in [1.807, 2.05) is 19.1 Å². The number of hydrogen-bond donors (Lipinski definition) is 3. The first kappa shape index (κ1) is 26.2. The summed E-state index contributed by atoms with van der Waals surface area (Å²) in [5, 5.41) is 25.0. The molecule has 0 fully saturated rings. The van der Waals surface area contributed by atoms with Crippen molar-refractivity contribution in [3.05, 3.63) is 76.7 Å². The van der Waals surface area contributed by atoms with E-state index in [0.717, 1.165) is 65.0 Å². The van der Waals surface area contributed by atoms with E-state index in [9.17, 15) is 14.7 Å². The third-order valence-corrected chi connectivity index (χ3v) is 8.09. The molecule has 0 saturated carbocycles. The van der Waals surface area contributed by atoms with Gasteiger partial charge in [0.15, 0.2) is 11.5 Å². The van der Waals surface area contributed by atoms with Gasteiger partial charge in [-0.15, -0.1) is 0 Å². The molecule has 0 radical (unpaired) electrons. The largest absolute Gasteiger partial charge is 0.395 e. The van der Waals surface area contributed by atoms with Gasteiger partial charge in [-0.1, -0.05) is 30.3 Å². The lowest BCUT2D eigenvalue weighted by Crippen LogP contribution is -2.29. The zero-order valence-corrected chi connectivity index (χ0v) is 22.9. The number of anilines is 1. The van der Waals surface area contributed by atoms with Crippen molar-refractivity contribution in [1.29, 1.82) is 0 Å². The molecule has 206 valence electrons. The average molecular weight is 539 g/mol. The predicted molar refractivity (Wildman–Crippen MR) is 153 cm³/mol. The molecule has 9 nitrogen and oxygen atoms in total. The Morgan fingerprint density at radius 2 is 1.73 bits per heavy atom. The number of carbonyl (C=O) groups excluding carboxylic acids is 2. The maximum Gasteiger partial charge on any atom is 0.276 e. The Bertz CT molecular complexity index is 1600. The van der Waals surface area contributed by atoms with Crippen LogP contribution in [0.3, 0.4) is 0 Å². The summed E-state index contributed by atoms with van der Waals surface area (Å²) < 4.78 is 3.72. The van der Waals surface area contributed by atoms with Gasteiger partial charge in [0, 0.05) is 49.4 Å². The van der Waals surface area contributed by atoms with Gasteiger partial charge in [0.2, 0.25) is 0 Å². The highest BCUT2D eigenvalue weighted by atomic mass is 16.3. The van der Waals surface area contributed by atoms with Gasteiger partial charge < -0.3 is 15.7 Å². The predicted octanol–water partition coefficient (Wildman–Crippen LogP) is 4.68. The fourth-order valence-corrected chi connectivity index (χ4v) is 5.96. The molecule has 3 N–H and O–H groups in total. The number of aliphatic hydroxyl groups excluding tert-OH is 1. The maximum atomic E-state index is 13.1. The van der Waals surface area contributed by atoms with Crippen molar-refractivity contribution in [1.82, 2.24) is 24.9 Å². The van der Waals surface area contributed by atoms with Crippen molar-refractivity contribution < 1.29 is 14.7 Å². The quantitative estimate of drug-likeness (QED) is 0.315. The van der Waals surface area contributed by atoms with Crippen LogP contribution in [-0.2, 0) is 13.1 Å². The van der Waals surface area contributed by atoms with E-state index in [2.05, 4.69) is 57.7 Å². The number of carbonyl (C=O) groups is 2. The van der Waals surface area contributed by atoms with E-state index in [1.54, 1.807) is 10.7 Å². The molecular weight excluding hydrogens is 504 g/mol. The highest BCUT2D eigenvalue weighted by Gasteiger charge is 2.25. The second-order valence-corrected chi connectivity index (χ2v) is 10.6. The molecule has 40 heavy (non-hydrogen) atoms. The number of ketones is 1. The molecule has 0 aliphatic carbocycles. The summed E-state index contributed by atoms with van der Waals surface area (Å²) in [6.07, 6.45) is 3.32. The summed E-state index contributed by atoms with van der Waals surface area (Å²) in [4.78, 5) is 25.3. The normalized spacial score (nSPS) is 16.5. The molecule has 2 aliphatic heterocycles. The van der Waals surface area contributed by atoms with Crippen molar-refractivity contribution in [3.8, 4) is 22.4 Å². The van der Waals surface area contributed by atoms with Gasteiger partial charge in [-0.2, -0.15) is 10.2 Å². The molecule has 1 atom stereocenters. The number of nitrogens with zero attached hydrogens (tertiary/aromatic N) is 4. The number of hydrogen-bond acceptors (Lipinski definition) is 6. The van der Waals surface area contributed by atoms with Crippen LogP contribution < -0.4 is 10.6 Å². The number of nitrogens with one attached hydrogen (secondary N) is 2. The number of Topliss-reactive ketones (excluding diaryl/α,β-unsaturated/α-hetero) is 1. The van der Waals surface area contributed by atoms with Crippen LogP contribution in [0, 0.1) is 13.8 Å². The standard InChI is InChI=1S/C31H34N6O3/c1-19-21(7-3-9-23(19)26-17-28-25(32-13-16-38)11-5-14-36(28)34-26)22-8-4-10-24(20(22)2)33-31(40)27-18-29-30(39)12-6-15-37(29)35-27/h3-4,7-10,17-18,25,32,38H,5-6,11-16H2,1-2H3,(H,33,40). The minimum absolute atomic E-state index is 0.0295. The van der Waals surface area contributed by atoms with Crippen LogP contribution in [0.15, 0.2) is 48.5 Å². The van der Waals surface area contributed by atoms with Gasteiger partial charge >= 0.3 is 0 Å². The summed E-state index contributed by atoms with van der Waals surface area (Å²) in [5.74, 6) is -0.296. The molecule has 6 rings (SSSR count). The number of amides is 1. The SMILES string of the molecule is Cc1c(NC(=O)c2cc3n(n2)CCCC3=O)cccc1-c1cccc(-c2cc3n(n2)CCCC3NCCO)c1C. The lowest BCUT2D eigenvalue weighted by atomic mass is 9.91. The number of benzene rings is 2. The Kier molecular flexibility index (Phi) is 7.08. The van der Waals surface area contributed by atoms with Crippen LogP contribution in [0.4, 0.5) is 5.69 Å². The van der Waals surface area contributed by atoms with E-state index in [-0.39, 0.29) is 30.0 Å². The van der Waals surface area contributed by atoms with Crippen LogP contribution in [0.1, 0.15) is 69.5 Å². The Hall–Kier alpha value is -4.08. The fraction of sp³-hybridized carbons (Fsp3) is 0.355. The molecule has 2 aromatic heterocycles. The second-order valence-electron chi connectivity index (χ2n) is 10.6. The molecule has 2 aliphatic rings. The third-order valence-electron chi connectivity index (χ3n) is 8.09. The van der Waals surface area contributed by atoms with E-state index >= 15 is 0 Å². The highest BCUT2D eigenvalue weighted by molar-refractivity contribution is 6.06. The zero-order chi connectivity index (χ0) is 27.8. The first-order valence-corrected chi connectivity index (χ1v) is 14.0. The van der Waals surface area contributed by atoms with Gasteiger partial charge in [-0.3, -0.25) is 19.0 Å². The third kappa shape index (κ3) is 4.76. The topological polar surface area (TPSA) is 114 Å². The smallest absolute Gasteiger partial charge is 0.276 e. The first-order valence-electron chi connectivity index (χ1n) is 14.0. The molecule has 2 aromatic carbocycles. The molecule has 0 saturated heterocycles. The summed E-state index contributed by atoms with van der Waals surface area (Å²) in [6.45, 7) is 6.33. The molecule has 1 amide bonds. The number of aliphatic hydroxyl groups is 1. The van der Waals surface area contributed by atoms with Crippen molar-refractivity contribution >= 4 is 17.4 Å². The summed E-state index contributed by atoms with van der Waals surface area (Å²) in [5.41, 5.74) is 8.81. The summed E-state index contributed by atoms with van der Waals surface area (Å²) in [7, 11) is 0. The lowest BCUT2D eigenvalue weighted by molar-refractivity contribution is 0.0950.